The van der Waals surface area contributed by atoms with Gasteiger partial charge in [-0.15, -0.1) is 0 Å². The molecule has 2 rings (SSSR count). The number of amides is 1. The second-order valence-electron chi connectivity index (χ2n) is 3.94. The Morgan fingerprint density at radius 1 is 1.17 bits per heavy atom. The van der Waals surface area contributed by atoms with Gasteiger partial charge in [-0.05, 0) is 29.8 Å². The van der Waals surface area contributed by atoms with Crippen molar-refractivity contribution >= 4 is 5.91 Å². The molecule has 0 unspecified atom stereocenters. The fourth-order valence-corrected chi connectivity index (χ4v) is 1.54. The van der Waals surface area contributed by atoms with Gasteiger partial charge in [0, 0.05) is 18.4 Å². The first kappa shape index (κ1) is 12.1. The molecule has 0 saturated heterocycles. The van der Waals surface area contributed by atoms with Gasteiger partial charge in [-0.1, -0.05) is 18.2 Å². The summed E-state index contributed by atoms with van der Waals surface area (Å²) in [6.45, 7) is 0.450. The number of carbonyl (C=O) groups excluding carboxylic acids is 1. The molecule has 0 aliphatic carbocycles. The van der Waals surface area contributed by atoms with Gasteiger partial charge in [0.2, 0.25) is 5.91 Å². The number of nitrogens with zero attached hydrogens (tertiary/aromatic N) is 1. The molecule has 4 heteroatoms. The Morgan fingerprint density at radius 3 is 2.61 bits per heavy atom. The van der Waals surface area contributed by atoms with Crippen LogP contribution in [-0.2, 0) is 17.8 Å². The standard InChI is InChI=1S/C14H14N2O2/c17-13-6-4-11(5-7-13)10-16-14(18)9-12-3-1-2-8-15-12/h1-8,17H,9-10H2,(H,16,18). The molecule has 0 fully saturated rings. The van der Waals surface area contributed by atoms with Gasteiger partial charge in [-0.3, -0.25) is 9.78 Å². The van der Waals surface area contributed by atoms with Crippen molar-refractivity contribution in [3.05, 3.63) is 59.9 Å². The van der Waals surface area contributed by atoms with Crippen molar-refractivity contribution in [3.8, 4) is 5.75 Å². The van der Waals surface area contributed by atoms with Gasteiger partial charge in [0.15, 0.2) is 0 Å². The maximum Gasteiger partial charge on any atom is 0.226 e. The third-order valence-corrected chi connectivity index (χ3v) is 2.49. The molecule has 0 aliphatic heterocycles. The minimum atomic E-state index is -0.0678. The van der Waals surface area contributed by atoms with Crippen LogP contribution in [0.15, 0.2) is 48.7 Å². The zero-order valence-electron chi connectivity index (χ0n) is 9.84. The molecule has 0 bridgehead atoms. The predicted molar refractivity (Wildman–Crippen MR) is 67.9 cm³/mol. The fraction of sp³-hybridized carbons (Fsp3) is 0.143. The fourth-order valence-electron chi connectivity index (χ4n) is 1.54. The number of nitrogens with one attached hydrogen (secondary N) is 1. The maximum absolute atomic E-state index is 11.7. The molecule has 0 aliphatic rings. The van der Waals surface area contributed by atoms with Crippen molar-refractivity contribution in [3.63, 3.8) is 0 Å². The van der Waals surface area contributed by atoms with Gasteiger partial charge in [-0.2, -0.15) is 0 Å². The first-order valence-electron chi connectivity index (χ1n) is 5.68. The van der Waals surface area contributed by atoms with Crippen LogP contribution < -0.4 is 5.32 Å². The maximum atomic E-state index is 11.7. The molecule has 1 amide bonds. The summed E-state index contributed by atoms with van der Waals surface area (Å²) in [6, 6.07) is 12.2. The molecule has 18 heavy (non-hydrogen) atoms. The summed E-state index contributed by atoms with van der Waals surface area (Å²) in [4.78, 5) is 15.7. The van der Waals surface area contributed by atoms with Crippen molar-refractivity contribution in [2.24, 2.45) is 0 Å². The summed E-state index contributed by atoms with van der Waals surface area (Å²) < 4.78 is 0. The number of pyridine rings is 1. The minimum absolute atomic E-state index is 0.0678. The molecule has 1 aromatic carbocycles. The average molecular weight is 242 g/mol. The molecule has 0 atom stereocenters. The number of carbonyl (C=O) groups is 1. The summed E-state index contributed by atoms with van der Waals surface area (Å²) in [5.74, 6) is 0.153. The van der Waals surface area contributed by atoms with Crippen LogP contribution in [0, 0.1) is 0 Å². The third kappa shape index (κ3) is 3.59. The number of phenolic OH excluding ortho intramolecular Hbond substituents is 1. The number of rotatable bonds is 4. The Labute approximate surface area is 105 Å². The Kier molecular flexibility index (Phi) is 3.91. The van der Waals surface area contributed by atoms with E-state index in [0.29, 0.717) is 6.54 Å². The number of hydrogen-bond donors (Lipinski definition) is 2. The highest BCUT2D eigenvalue weighted by atomic mass is 16.3. The van der Waals surface area contributed by atoms with Gasteiger partial charge < -0.3 is 10.4 Å². The van der Waals surface area contributed by atoms with E-state index in [1.807, 2.05) is 18.2 Å². The highest BCUT2D eigenvalue weighted by molar-refractivity contribution is 5.78. The SMILES string of the molecule is O=C(Cc1ccccn1)NCc1ccc(O)cc1. The minimum Gasteiger partial charge on any atom is -0.508 e. The zero-order valence-corrected chi connectivity index (χ0v) is 9.84. The van der Waals surface area contributed by atoms with Crippen LogP contribution in [0.2, 0.25) is 0 Å². The Balaban J connectivity index is 1.83. The van der Waals surface area contributed by atoms with Gasteiger partial charge in [0.1, 0.15) is 5.75 Å². The normalized spacial score (nSPS) is 10.0. The predicted octanol–water partition coefficient (Wildman–Crippen LogP) is 1.65. The van der Waals surface area contributed by atoms with Crippen LogP contribution in [0.4, 0.5) is 0 Å². The van der Waals surface area contributed by atoms with E-state index in [2.05, 4.69) is 10.3 Å². The largest absolute Gasteiger partial charge is 0.508 e. The topological polar surface area (TPSA) is 62.2 Å². The first-order chi connectivity index (χ1) is 8.74. The van der Waals surface area contributed by atoms with E-state index in [4.69, 9.17) is 5.11 Å². The lowest BCUT2D eigenvalue weighted by Crippen LogP contribution is -2.24. The summed E-state index contributed by atoms with van der Waals surface area (Å²) in [7, 11) is 0. The quantitative estimate of drug-likeness (QED) is 0.856. The van der Waals surface area contributed by atoms with Crippen LogP contribution in [0.5, 0.6) is 5.75 Å². The van der Waals surface area contributed by atoms with E-state index in [0.717, 1.165) is 11.3 Å². The van der Waals surface area contributed by atoms with Gasteiger partial charge >= 0.3 is 0 Å². The van der Waals surface area contributed by atoms with Crippen LogP contribution in [-0.4, -0.2) is 16.0 Å². The number of phenols is 1. The lowest BCUT2D eigenvalue weighted by molar-refractivity contribution is -0.120. The van der Waals surface area contributed by atoms with Crippen molar-refractivity contribution in [1.82, 2.24) is 10.3 Å². The molecule has 2 N–H and O–H groups in total. The number of aromatic hydroxyl groups is 1. The van der Waals surface area contributed by atoms with Crippen LogP contribution in [0.1, 0.15) is 11.3 Å². The van der Waals surface area contributed by atoms with Crippen molar-refractivity contribution in [2.75, 3.05) is 0 Å². The highest BCUT2D eigenvalue weighted by Gasteiger charge is 2.03. The molecule has 0 saturated carbocycles. The zero-order chi connectivity index (χ0) is 12.8. The third-order valence-electron chi connectivity index (χ3n) is 2.49. The lowest BCUT2D eigenvalue weighted by Gasteiger charge is -2.05. The Bertz CT molecular complexity index is 509. The van der Waals surface area contributed by atoms with Gasteiger partial charge in [0.25, 0.3) is 0 Å². The summed E-state index contributed by atoms with van der Waals surface area (Å²) in [6.07, 6.45) is 1.95. The van der Waals surface area contributed by atoms with E-state index < -0.39 is 0 Å². The second-order valence-corrected chi connectivity index (χ2v) is 3.94. The van der Waals surface area contributed by atoms with Crippen LogP contribution in [0.25, 0.3) is 0 Å². The molecule has 0 spiro atoms. The van der Waals surface area contributed by atoms with Gasteiger partial charge in [-0.25, -0.2) is 0 Å². The lowest BCUT2D eigenvalue weighted by atomic mass is 10.2. The molecule has 2 aromatic rings. The molecule has 1 heterocycles. The smallest absolute Gasteiger partial charge is 0.226 e. The Hall–Kier alpha value is -2.36. The summed E-state index contributed by atoms with van der Waals surface area (Å²) in [5, 5.41) is 11.9. The summed E-state index contributed by atoms with van der Waals surface area (Å²) in [5.41, 5.74) is 1.70. The number of benzene rings is 1. The average Bonchev–Trinajstić information content (AvgIpc) is 2.39. The van der Waals surface area contributed by atoms with E-state index in [1.165, 1.54) is 0 Å². The molecule has 0 radical (unpaired) electrons. The second kappa shape index (κ2) is 5.82. The molecule has 1 aromatic heterocycles. The molecular weight excluding hydrogens is 228 g/mol. The molecule has 4 nitrogen and oxygen atoms in total. The van der Waals surface area contributed by atoms with Crippen LogP contribution in [0.3, 0.4) is 0 Å². The van der Waals surface area contributed by atoms with Crippen molar-refractivity contribution < 1.29 is 9.90 Å². The summed E-state index contributed by atoms with van der Waals surface area (Å²) >= 11 is 0. The monoisotopic (exact) mass is 242 g/mol. The van der Waals surface area contributed by atoms with E-state index in [9.17, 15) is 4.79 Å². The number of aromatic nitrogens is 1. The van der Waals surface area contributed by atoms with E-state index in [1.54, 1.807) is 30.5 Å². The van der Waals surface area contributed by atoms with E-state index >= 15 is 0 Å². The van der Waals surface area contributed by atoms with Gasteiger partial charge in [0.05, 0.1) is 6.42 Å². The van der Waals surface area contributed by atoms with Crippen molar-refractivity contribution in [1.29, 1.82) is 0 Å². The number of hydrogen-bond acceptors (Lipinski definition) is 3. The highest BCUT2D eigenvalue weighted by Crippen LogP contribution is 2.09. The van der Waals surface area contributed by atoms with Crippen molar-refractivity contribution in [2.45, 2.75) is 13.0 Å². The van der Waals surface area contributed by atoms with E-state index in [-0.39, 0.29) is 18.1 Å². The molecular formula is C14H14N2O2. The molecule has 92 valence electrons. The first-order valence-corrected chi connectivity index (χ1v) is 5.68. The van der Waals surface area contributed by atoms with Crippen LogP contribution >= 0.6 is 0 Å². The Morgan fingerprint density at radius 2 is 1.94 bits per heavy atom.